The Morgan fingerprint density at radius 1 is 1.27 bits per heavy atom. The van der Waals surface area contributed by atoms with E-state index in [2.05, 4.69) is 15.9 Å². The molecule has 0 radical (unpaired) electrons. The van der Waals surface area contributed by atoms with Gasteiger partial charge in [0.25, 0.3) is 0 Å². The van der Waals surface area contributed by atoms with Crippen LogP contribution in [-0.4, -0.2) is 30.7 Å². The second-order valence-corrected chi connectivity index (χ2v) is 6.83. The zero-order valence-corrected chi connectivity index (χ0v) is 14.3. The van der Waals surface area contributed by atoms with E-state index in [-0.39, 0.29) is 24.1 Å². The van der Waals surface area contributed by atoms with Crippen molar-refractivity contribution in [3.63, 3.8) is 0 Å². The number of hydrogen-bond acceptors (Lipinski definition) is 3. The van der Waals surface area contributed by atoms with Gasteiger partial charge in [0.1, 0.15) is 6.10 Å². The van der Waals surface area contributed by atoms with Gasteiger partial charge in [0.15, 0.2) is 0 Å². The van der Waals surface area contributed by atoms with Crippen LogP contribution < -0.4 is 9.80 Å². The van der Waals surface area contributed by atoms with Crippen molar-refractivity contribution in [3.05, 3.63) is 22.7 Å². The summed E-state index contributed by atoms with van der Waals surface area (Å²) in [5, 5.41) is 0. The van der Waals surface area contributed by atoms with Gasteiger partial charge in [-0.3, -0.25) is 9.69 Å². The van der Waals surface area contributed by atoms with Gasteiger partial charge in [-0.15, -0.1) is 0 Å². The number of halogens is 1. The number of benzene rings is 1. The fourth-order valence-electron chi connectivity index (χ4n) is 2.95. The van der Waals surface area contributed by atoms with E-state index in [1.165, 1.54) is 0 Å². The number of ether oxygens (including phenoxy) is 1. The number of amides is 2. The molecule has 2 aliphatic rings. The maximum atomic E-state index is 12.5. The first kappa shape index (κ1) is 15.3. The molecule has 6 heteroatoms. The third kappa shape index (κ3) is 2.72. The largest absolute Gasteiger partial charge is 0.446 e. The van der Waals surface area contributed by atoms with Crippen molar-refractivity contribution < 1.29 is 14.3 Å². The molecule has 1 fully saturated rings. The van der Waals surface area contributed by atoms with E-state index in [9.17, 15) is 9.59 Å². The average molecular weight is 367 g/mol. The lowest BCUT2D eigenvalue weighted by molar-refractivity contribution is -0.117. The summed E-state index contributed by atoms with van der Waals surface area (Å²) in [6.07, 6.45) is 2.73. The van der Waals surface area contributed by atoms with Crippen LogP contribution in [0.5, 0.6) is 0 Å². The lowest BCUT2D eigenvalue weighted by Gasteiger charge is -2.41. The summed E-state index contributed by atoms with van der Waals surface area (Å²) in [6.45, 7) is 3.93. The number of carbonyl (C=O) groups excluding carboxylic acids is 2. The van der Waals surface area contributed by atoms with Crippen LogP contribution in [0, 0.1) is 0 Å². The fraction of sp³-hybridized carbons (Fsp3) is 0.500. The minimum absolute atomic E-state index is 0.0249. The Morgan fingerprint density at radius 2 is 2.00 bits per heavy atom. The summed E-state index contributed by atoms with van der Waals surface area (Å²) >= 11 is 3.43. The van der Waals surface area contributed by atoms with Crippen LogP contribution >= 0.6 is 15.9 Å². The molecular formula is C16H19BrN2O3. The normalized spacial score (nSPS) is 21.1. The van der Waals surface area contributed by atoms with Crippen LogP contribution in [0.3, 0.4) is 0 Å². The Hall–Kier alpha value is -1.56. The van der Waals surface area contributed by atoms with Crippen molar-refractivity contribution in [3.8, 4) is 0 Å². The molecular weight excluding hydrogens is 348 g/mol. The minimum Gasteiger partial charge on any atom is -0.446 e. The number of hydrogen-bond donors (Lipinski definition) is 0. The molecule has 1 aliphatic heterocycles. The average Bonchev–Trinajstić information content (AvgIpc) is 2.41. The van der Waals surface area contributed by atoms with Gasteiger partial charge >= 0.3 is 6.09 Å². The smallest absolute Gasteiger partial charge is 0.414 e. The minimum atomic E-state index is -0.320. The van der Waals surface area contributed by atoms with Crippen molar-refractivity contribution in [2.45, 2.75) is 45.3 Å². The molecule has 0 bridgehead atoms. The Labute approximate surface area is 138 Å². The van der Waals surface area contributed by atoms with Crippen LogP contribution in [0.4, 0.5) is 16.2 Å². The van der Waals surface area contributed by atoms with E-state index in [0.29, 0.717) is 12.2 Å². The van der Waals surface area contributed by atoms with Crippen molar-refractivity contribution in [1.82, 2.24) is 0 Å². The topological polar surface area (TPSA) is 49.9 Å². The van der Waals surface area contributed by atoms with Crippen LogP contribution in [-0.2, 0) is 9.53 Å². The number of rotatable bonds is 1. The highest BCUT2D eigenvalue weighted by atomic mass is 79.9. The molecule has 0 spiro atoms. The van der Waals surface area contributed by atoms with Gasteiger partial charge in [0.2, 0.25) is 5.91 Å². The van der Waals surface area contributed by atoms with E-state index < -0.39 is 0 Å². The lowest BCUT2D eigenvalue weighted by atomic mass is 9.96. The van der Waals surface area contributed by atoms with E-state index in [0.717, 1.165) is 29.4 Å². The Bertz CT molecular complexity index is 615. The number of anilines is 2. The monoisotopic (exact) mass is 366 g/mol. The molecule has 1 saturated carbocycles. The van der Waals surface area contributed by atoms with Gasteiger partial charge in [-0.25, -0.2) is 4.79 Å². The second kappa shape index (κ2) is 5.91. The second-order valence-electron chi connectivity index (χ2n) is 5.92. The van der Waals surface area contributed by atoms with Crippen molar-refractivity contribution in [2.75, 3.05) is 16.3 Å². The molecule has 0 N–H and O–H groups in total. The van der Waals surface area contributed by atoms with Crippen molar-refractivity contribution in [2.24, 2.45) is 0 Å². The molecule has 1 aromatic carbocycles. The summed E-state index contributed by atoms with van der Waals surface area (Å²) in [4.78, 5) is 27.8. The summed E-state index contributed by atoms with van der Waals surface area (Å²) in [5.41, 5.74) is 1.46. The first-order valence-corrected chi connectivity index (χ1v) is 8.34. The van der Waals surface area contributed by atoms with Gasteiger partial charge in [-0.1, -0.05) is 15.9 Å². The van der Waals surface area contributed by atoms with Gasteiger partial charge in [-0.2, -0.15) is 0 Å². The predicted octanol–water partition coefficient (Wildman–Crippen LogP) is 3.70. The molecule has 0 unspecified atom stereocenters. The molecule has 1 aromatic rings. The summed E-state index contributed by atoms with van der Waals surface area (Å²) < 4.78 is 6.40. The van der Waals surface area contributed by atoms with Crippen LogP contribution in [0.1, 0.15) is 33.1 Å². The van der Waals surface area contributed by atoms with Crippen molar-refractivity contribution >= 4 is 39.3 Å². The molecule has 1 atom stereocenters. The SMILES string of the molecule is CC(=O)N1c2ccc(Br)cc2N(C(=O)OC2CCC2)C[C@@H]1C. The first-order chi connectivity index (χ1) is 10.5. The maximum Gasteiger partial charge on any atom is 0.414 e. The highest BCUT2D eigenvalue weighted by Crippen LogP contribution is 2.38. The zero-order valence-electron chi connectivity index (χ0n) is 12.7. The van der Waals surface area contributed by atoms with Crippen LogP contribution in [0.25, 0.3) is 0 Å². The molecule has 1 heterocycles. The molecule has 118 valence electrons. The van der Waals surface area contributed by atoms with E-state index >= 15 is 0 Å². The Balaban J connectivity index is 1.94. The quantitative estimate of drug-likeness (QED) is 0.761. The predicted molar refractivity (Wildman–Crippen MR) is 88.2 cm³/mol. The molecule has 2 amide bonds. The number of fused-ring (bicyclic) bond motifs is 1. The first-order valence-electron chi connectivity index (χ1n) is 7.55. The molecule has 0 saturated heterocycles. The molecule has 3 rings (SSSR count). The lowest BCUT2D eigenvalue weighted by Crippen LogP contribution is -2.52. The molecule has 22 heavy (non-hydrogen) atoms. The molecule has 1 aliphatic carbocycles. The van der Waals surface area contributed by atoms with Crippen molar-refractivity contribution in [1.29, 1.82) is 0 Å². The number of nitrogens with zero attached hydrogens (tertiary/aromatic N) is 2. The van der Waals surface area contributed by atoms with Gasteiger partial charge in [0.05, 0.1) is 17.4 Å². The summed E-state index contributed by atoms with van der Waals surface area (Å²) in [6, 6.07) is 5.52. The van der Waals surface area contributed by atoms with Crippen LogP contribution in [0.15, 0.2) is 22.7 Å². The third-order valence-electron chi connectivity index (χ3n) is 4.25. The molecule has 0 aromatic heterocycles. The maximum absolute atomic E-state index is 12.5. The highest BCUT2D eigenvalue weighted by molar-refractivity contribution is 9.10. The fourth-order valence-corrected chi connectivity index (χ4v) is 3.29. The van der Waals surface area contributed by atoms with Crippen LogP contribution in [0.2, 0.25) is 0 Å². The Morgan fingerprint density at radius 3 is 2.59 bits per heavy atom. The third-order valence-corrected chi connectivity index (χ3v) is 4.75. The van der Waals surface area contributed by atoms with Gasteiger partial charge in [0, 0.05) is 17.9 Å². The Kier molecular flexibility index (Phi) is 4.12. The van der Waals surface area contributed by atoms with Gasteiger partial charge in [-0.05, 0) is 44.4 Å². The molecule has 5 nitrogen and oxygen atoms in total. The van der Waals surface area contributed by atoms with E-state index in [1.807, 2.05) is 25.1 Å². The zero-order chi connectivity index (χ0) is 15.9. The van der Waals surface area contributed by atoms with Gasteiger partial charge < -0.3 is 9.64 Å². The van der Waals surface area contributed by atoms with E-state index in [1.54, 1.807) is 16.7 Å². The highest BCUT2D eigenvalue weighted by Gasteiger charge is 2.35. The van der Waals surface area contributed by atoms with E-state index in [4.69, 9.17) is 4.74 Å². The summed E-state index contributed by atoms with van der Waals surface area (Å²) in [5.74, 6) is -0.0249. The number of carbonyl (C=O) groups is 2. The summed E-state index contributed by atoms with van der Waals surface area (Å²) in [7, 11) is 0. The standard InChI is InChI=1S/C16H19BrN2O3/c1-10-9-18(16(21)22-13-4-3-5-13)15-8-12(17)6-7-14(15)19(10)11(2)20/h6-8,10,13H,3-5,9H2,1-2H3/t10-/m0/s1.